The molecule has 0 bridgehead atoms. The van der Waals surface area contributed by atoms with Crippen molar-refractivity contribution in [2.75, 3.05) is 0 Å². The van der Waals surface area contributed by atoms with Crippen molar-refractivity contribution in [1.82, 2.24) is 0 Å². The maximum Gasteiger partial charge on any atom is 0.0731 e. The number of hydrogen-bond acceptors (Lipinski definition) is 2. The molecule has 0 saturated heterocycles. The van der Waals surface area contributed by atoms with Crippen LogP contribution in [0.3, 0.4) is 0 Å². The normalized spacial score (nSPS) is 54.2. The van der Waals surface area contributed by atoms with Crippen LogP contribution in [0.1, 0.15) is 72.6 Å². The first-order chi connectivity index (χ1) is 10.1. The molecular weight excluding hydrogens is 272 g/mol. The lowest BCUT2D eigenvalue weighted by Gasteiger charge is -2.65. The van der Waals surface area contributed by atoms with Crippen LogP contribution >= 0.6 is 0 Å². The highest BCUT2D eigenvalue weighted by Crippen LogP contribution is 2.66. The van der Waals surface area contributed by atoms with Crippen LogP contribution in [0.25, 0.3) is 0 Å². The van der Waals surface area contributed by atoms with Gasteiger partial charge in [-0.3, -0.25) is 0 Å². The summed E-state index contributed by atoms with van der Waals surface area (Å²) in [6.45, 7) is 13.0. The molecule has 3 aliphatic rings. The summed E-state index contributed by atoms with van der Waals surface area (Å²) >= 11 is 0. The zero-order valence-corrected chi connectivity index (χ0v) is 14.9. The fourth-order valence-electron chi connectivity index (χ4n) is 6.25. The monoisotopic (exact) mass is 306 g/mol. The first-order valence-corrected chi connectivity index (χ1v) is 9.13. The van der Waals surface area contributed by atoms with Crippen molar-refractivity contribution >= 4 is 0 Å². The molecule has 3 fully saturated rings. The number of hydrogen-bond donors (Lipinski definition) is 2. The fraction of sp³-hybridized carbons (Fsp3) is 0.900. The molecule has 3 rings (SSSR count). The minimum Gasteiger partial charge on any atom is -0.392 e. The van der Waals surface area contributed by atoms with Crippen LogP contribution in [0.2, 0.25) is 0 Å². The van der Waals surface area contributed by atoms with Gasteiger partial charge < -0.3 is 10.2 Å². The van der Waals surface area contributed by atoms with Gasteiger partial charge >= 0.3 is 0 Å². The number of aliphatic hydroxyl groups excluding tert-OH is 1. The molecule has 0 unspecified atom stereocenters. The first kappa shape index (κ1) is 16.5. The Balaban J connectivity index is 1.98. The Morgan fingerprint density at radius 3 is 2.36 bits per heavy atom. The molecule has 2 N–H and O–H groups in total. The molecule has 6 atom stereocenters. The molecule has 0 aromatic rings. The van der Waals surface area contributed by atoms with Crippen molar-refractivity contribution in [1.29, 1.82) is 0 Å². The fourth-order valence-corrected chi connectivity index (χ4v) is 6.25. The van der Waals surface area contributed by atoms with Crippen molar-refractivity contribution in [3.63, 3.8) is 0 Å². The molecule has 22 heavy (non-hydrogen) atoms. The van der Waals surface area contributed by atoms with Gasteiger partial charge in [-0.2, -0.15) is 0 Å². The largest absolute Gasteiger partial charge is 0.392 e. The molecule has 126 valence electrons. The molecule has 0 aromatic carbocycles. The lowest BCUT2D eigenvalue weighted by atomic mass is 9.41. The standard InChI is InChI=1S/C20H34O2/c1-6-18(4)12-14-9-11-20(22)15(8-7-10-17(20,2)3)19(14,5)13-16(18)21/h6,14-16,21-22H,1,7-13H2,2-5H3/t14-,15+,16-,18+,19-,20-/m1/s1. The van der Waals surface area contributed by atoms with E-state index in [1.165, 1.54) is 6.42 Å². The Kier molecular flexibility index (Phi) is 3.63. The molecular formula is C20H34O2. The lowest BCUT2D eigenvalue weighted by molar-refractivity contribution is -0.236. The zero-order valence-electron chi connectivity index (χ0n) is 14.9. The molecule has 0 radical (unpaired) electrons. The summed E-state index contributed by atoms with van der Waals surface area (Å²) in [5.74, 6) is 0.921. The minimum absolute atomic E-state index is 0.00592. The van der Waals surface area contributed by atoms with Crippen LogP contribution < -0.4 is 0 Å². The Morgan fingerprint density at radius 2 is 1.73 bits per heavy atom. The van der Waals surface area contributed by atoms with Crippen LogP contribution in [-0.2, 0) is 0 Å². The molecule has 0 aromatic heterocycles. The van der Waals surface area contributed by atoms with Crippen LogP contribution in [0.5, 0.6) is 0 Å². The quantitative estimate of drug-likeness (QED) is 0.709. The van der Waals surface area contributed by atoms with Gasteiger partial charge in [0.2, 0.25) is 0 Å². The van der Waals surface area contributed by atoms with Gasteiger partial charge in [-0.15, -0.1) is 6.58 Å². The summed E-state index contributed by atoms with van der Waals surface area (Å²) in [6, 6.07) is 0. The van der Waals surface area contributed by atoms with Crippen LogP contribution in [-0.4, -0.2) is 21.9 Å². The van der Waals surface area contributed by atoms with Gasteiger partial charge in [0.25, 0.3) is 0 Å². The van der Waals surface area contributed by atoms with Crippen molar-refractivity contribution in [3.05, 3.63) is 12.7 Å². The second kappa shape index (κ2) is 4.83. The van der Waals surface area contributed by atoms with Crippen LogP contribution in [0, 0.1) is 28.1 Å². The summed E-state index contributed by atoms with van der Waals surface area (Å²) in [5, 5.41) is 22.4. The average molecular weight is 306 g/mol. The van der Waals surface area contributed by atoms with Gasteiger partial charge in [0.1, 0.15) is 0 Å². The Hall–Kier alpha value is -0.340. The smallest absolute Gasteiger partial charge is 0.0731 e. The predicted octanol–water partition coefficient (Wildman–Crippen LogP) is 4.31. The number of aliphatic hydroxyl groups is 2. The molecule has 2 heteroatoms. The minimum atomic E-state index is -0.557. The third-order valence-corrected chi connectivity index (χ3v) is 8.19. The van der Waals surface area contributed by atoms with Gasteiger partial charge in [-0.1, -0.05) is 40.2 Å². The molecule has 2 nitrogen and oxygen atoms in total. The summed E-state index contributed by atoms with van der Waals surface area (Å²) in [6.07, 6.45) is 8.90. The van der Waals surface area contributed by atoms with Crippen LogP contribution in [0.15, 0.2) is 12.7 Å². The van der Waals surface area contributed by atoms with E-state index in [1.807, 2.05) is 6.08 Å². The Labute approximate surface area is 136 Å². The third kappa shape index (κ3) is 1.99. The summed E-state index contributed by atoms with van der Waals surface area (Å²) in [5.41, 5.74) is -0.664. The summed E-state index contributed by atoms with van der Waals surface area (Å²) in [4.78, 5) is 0. The van der Waals surface area contributed by atoms with E-state index in [1.54, 1.807) is 0 Å². The Bertz CT molecular complexity index is 470. The summed E-state index contributed by atoms with van der Waals surface area (Å²) in [7, 11) is 0. The van der Waals surface area contributed by atoms with Gasteiger partial charge in [-0.05, 0) is 61.2 Å². The van der Waals surface area contributed by atoms with E-state index in [0.29, 0.717) is 11.8 Å². The van der Waals surface area contributed by atoms with Crippen molar-refractivity contribution in [2.45, 2.75) is 84.3 Å². The van der Waals surface area contributed by atoms with E-state index < -0.39 is 5.60 Å². The first-order valence-electron chi connectivity index (χ1n) is 9.13. The molecule has 3 aliphatic carbocycles. The highest BCUT2D eigenvalue weighted by atomic mass is 16.3. The van der Waals surface area contributed by atoms with E-state index in [9.17, 15) is 10.2 Å². The van der Waals surface area contributed by atoms with Gasteiger partial charge in [-0.25, -0.2) is 0 Å². The second-order valence-electron chi connectivity index (χ2n) is 9.63. The maximum atomic E-state index is 11.6. The number of fused-ring (bicyclic) bond motifs is 3. The molecule has 0 spiro atoms. The SMILES string of the molecule is C=C[C@@]1(C)C[C@H]2CC[C@@]3(O)[C@@H](CCCC3(C)C)[C@]2(C)C[C@H]1O. The van der Waals surface area contributed by atoms with Crippen molar-refractivity contribution in [3.8, 4) is 0 Å². The van der Waals surface area contributed by atoms with Gasteiger partial charge in [0.15, 0.2) is 0 Å². The van der Waals surface area contributed by atoms with E-state index in [0.717, 1.165) is 38.5 Å². The van der Waals surface area contributed by atoms with Crippen LogP contribution in [0.4, 0.5) is 0 Å². The molecule has 0 heterocycles. The van der Waals surface area contributed by atoms with Gasteiger partial charge in [0.05, 0.1) is 11.7 Å². The number of rotatable bonds is 1. The van der Waals surface area contributed by atoms with Crippen molar-refractivity contribution in [2.24, 2.45) is 28.1 Å². The lowest BCUT2D eigenvalue weighted by Crippen LogP contribution is -2.65. The molecule has 0 amide bonds. The molecule has 3 saturated carbocycles. The van der Waals surface area contributed by atoms with E-state index >= 15 is 0 Å². The zero-order chi connectivity index (χ0) is 16.4. The third-order valence-electron chi connectivity index (χ3n) is 8.19. The van der Waals surface area contributed by atoms with E-state index in [2.05, 4.69) is 34.3 Å². The average Bonchev–Trinajstić information content (AvgIpc) is 2.43. The Morgan fingerprint density at radius 1 is 1.05 bits per heavy atom. The topological polar surface area (TPSA) is 40.5 Å². The second-order valence-corrected chi connectivity index (χ2v) is 9.63. The maximum absolute atomic E-state index is 11.6. The highest BCUT2D eigenvalue weighted by molar-refractivity contribution is 5.16. The van der Waals surface area contributed by atoms with E-state index in [4.69, 9.17) is 0 Å². The highest BCUT2D eigenvalue weighted by Gasteiger charge is 2.64. The molecule has 0 aliphatic heterocycles. The predicted molar refractivity (Wildman–Crippen MR) is 90.4 cm³/mol. The summed E-state index contributed by atoms with van der Waals surface area (Å²) < 4.78 is 0. The van der Waals surface area contributed by atoms with E-state index in [-0.39, 0.29) is 22.3 Å². The van der Waals surface area contributed by atoms with Crippen molar-refractivity contribution < 1.29 is 10.2 Å². The van der Waals surface area contributed by atoms with Gasteiger partial charge in [0, 0.05) is 5.41 Å².